The molecule has 0 aromatic rings. The van der Waals surface area contributed by atoms with Crippen LogP contribution in [-0.2, 0) is 4.79 Å². The molecule has 2 saturated heterocycles. The Kier molecular flexibility index (Phi) is 2.52. The molecule has 2 aliphatic heterocycles. The van der Waals surface area contributed by atoms with Crippen LogP contribution in [0.1, 0.15) is 26.7 Å². The summed E-state index contributed by atoms with van der Waals surface area (Å²) in [6.07, 6.45) is 1.91. The smallest absolute Gasteiger partial charge is 0.223 e. The second kappa shape index (κ2) is 3.54. The average molecular weight is 196 g/mol. The topological polar surface area (TPSA) is 23.6 Å². The van der Waals surface area contributed by atoms with Gasteiger partial charge in [0, 0.05) is 31.6 Å². The molecular formula is C11H20N2O. The summed E-state index contributed by atoms with van der Waals surface area (Å²) in [5, 5.41) is 0. The third-order valence-corrected chi connectivity index (χ3v) is 3.42. The van der Waals surface area contributed by atoms with Crippen LogP contribution < -0.4 is 0 Å². The lowest BCUT2D eigenvalue weighted by Gasteiger charge is -2.32. The highest BCUT2D eigenvalue weighted by molar-refractivity contribution is 5.77. The Morgan fingerprint density at radius 1 is 1.36 bits per heavy atom. The fraction of sp³-hybridized carbons (Fsp3) is 0.909. The third-order valence-electron chi connectivity index (χ3n) is 3.42. The summed E-state index contributed by atoms with van der Waals surface area (Å²) in [4.78, 5) is 16.3. The lowest BCUT2D eigenvalue weighted by atomic mass is 10.1. The summed E-state index contributed by atoms with van der Waals surface area (Å²) in [7, 11) is 2.16. The number of carbonyl (C=O) groups excluding carboxylic acids is 1. The van der Waals surface area contributed by atoms with Gasteiger partial charge in [-0.25, -0.2) is 0 Å². The summed E-state index contributed by atoms with van der Waals surface area (Å²) >= 11 is 0. The molecule has 0 spiro atoms. The SMILES string of the molecule is CC(C)CC(=O)N1C[C@H]2C[C@@H]1CN2C. The maximum Gasteiger partial charge on any atom is 0.223 e. The van der Waals surface area contributed by atoms with Crippen LogP contribution in [0, 0.1) is 5.92 Å². The van der Waals surface area contributed by atoms with Crippen molar-refractivity contribution in [2.45, 2.75) is 38.8 Å². The minimum Gasteiger partial charge on any atom is -0.337 e. The summed E-state index contributed by atoms with van der Waals surface area (Å²) in [5.74, 6) is 0.847. The van der Waals surface area contributed by atoms with Gasteiger partial charge in [0.05, 0.1) is 0 Å². The Morgan fingerprint density at radius 2 is 2.07 bits per heavy atom. The summed E-state index contributed by atoms with van der Waals surface area (Å²) in [5.41, 5.74) is 0. The first kappa shape index (κ1) is 9.97. The highest BCUT2D eigenvalue weighted by Gasteiger charge is 2.43. The Morgan fingerprint density at radius 3 is 2.50 bits per heavy atom. The normalized spacial score (nSPS) is 31.9. The van der Waals surface area contributed by atoms with Crippen molar-refractivity contribution in [2.75, 3.05) is 20.1 Å². The van der Waals surface area contributed by atoms with Crippen molar-refractivity contribution < 1.29 is 4.79 Å². The van der Waals surface area contributed by atoms with Crippen molar-refractivity contribution in [3.8, 4) is 0 Å². The first-order valence-electron chi connectivity index (χ1n) is 5.57. The van der Waals surface area contributed by atoms with Gasteiger partial charge in [0.2, 0.25) is 5.91 Å². The number of likely N-dealkylation sites (tertiary alicyclic amines) is 2. The number of carbonyl (C=O) groups is 1. The molecule has 2 fully saturated rings. The second-order valence-electron chi connectivity index (χ2n) is 5.13. The predicted molar refractivity (Wildman–Crippen MR) is 56.0 cm³/mol. The van der Waals surface area contributed by atoms with Crippen LogP contribution in [0.15, 0.2) is 0 Å². The highest BCUT2D eigenvalue weighted by atomic mass is 16.2. The van der Waals surface area contributed by atoms with Crippen molar-refractivity contribution in [1.82, 2.24) is 9.80 Å². The van der Waals surface area contributed by atoms with Crippen LogP contribution in [0.3, 0.4) is 0 Å². The number of hydrogen-bond acceptors (Lipinski definition) is 2. The number of rotatable bonds is 2. The molecule has 0 unspecified atom stereocenters. The zero-order chi connectivity index (χ0) is 10.3. The Bertz CT molecular complexity index is 237. The number of fused-ring (bicyclic) bond motifs is 2. The number of likely N-dealkylation sites (N-methyl/N-ethyl adjacent to an activating group) is 1. The summed E-state index contributed by atoms with van der Waals surface area (Å²) in [6.45, 7) is 6.26. The largest absolute Gasteiger partial charge is 0.337 e. The van der Waals surface area contributed by atoms with Gasteiger partial charge in [0.25, 0.3) is 0 Å². The number of hydrogen-bond donors (Lipinski definition) is 0. The minimum absolute atomic E-state index is 0.362. The first-order valence-corrected chi connectivity index (χ1v) is 5.57. The summed E-state index contributed by atoms with van der Waals surface area (Å²) < 4.78 is 0. The van der Waals surface area contributed by atoms with E-state index in [4.69, 9.17) is 0 Å². The molecule has 2 heterocycles. The Hall–Kier alpha value is -0.570. The molecule has 0 aromatic carbocycles. The van der Waals surface area contributed by atoms with Crippen LogP contribution >= 0.6 is 0 Å². The molecule has 2 aliphatic rings. The van der Waals surface area contributed by atoms with E-state index in [-0.39, 0.29) is 0 Å². The standard InChI is InChI=1S/C11H20N2O/c1-8(2)4-11(14)13-7-9-5-10(13)6-12(9)3/h8-10H,4-7H2,1-3H3/t9-,10-/m1/s1. The molecule has 0 radical (unpaired) electrons. The number of amides is 1. The monoisotopic (exact) mass is 196 g/mol. The fourth-order valence-corrected chi connectivity index (χ4v) is 2.64. The maximum absolute atomic E-state index is 11.9. The van der Waals surface area contributed by atoms with Gasteiger partial charge in [-0.1, -0.05) is 13.8 Å². The van der Waals surface area contributed by atoms with Gasteiger partial charge in [-0.2, -0.15) is 0 Å². The lowest BCUT2D eigenvalue weighted by molar-refractivity contribution is -0.134. The van der Waals surface area contributed by atoms with Crippen molar-refractivity contribution in [2.24, 2.45) is 5.92 Å². The molecule has 0 N–H and O–H groups in total. The van der Waals surface area contributed by atoms with Crippen molar-refractivity contribution in [3.05, 3.63) is 0 Å². The average Bonchev–Trinajstić information content (AvgIpc) is 2.60. The molecule has 14 heavy (non-hydrogen) atoms. The molecule has 3 nitrogen and oxygen atoms in total. The lowest BCUT2D eigenvalue weighted by Crippen LogP contribution is -2.47. The molecule has 2 bridgehead atoms. The van der Waals surface area contributed by atoms with Crippen LogP contribution in [0.2, 0.25) is 0 Å². The third kappa shape index (κ3) is 1.65. The van der Waals surface area contributed by atoms with Gasteiger partial charge in [-0.15, -0.1) is 0 Å². The van der Waals surface area contributed by atoms with E-state index in [1.54, 1.807) is 0 Å². The van der Waals surface area contributed by atoms with E-state index in [0.29, 0.717) is 30.3 Å². The minimum atomic E-state index is 0.362. The van der Waals surface area contributed by atoms with Crippen LogP contribution in [-0.4, -0.2) is 47.9 Å². The predicted octanol–water partition coefficient (Wildman–Crippen LogP) is 0.947. The van der Waals surface area contributed by atoms with Crippen LogP contribution in [0.25, 0.3) is 0 Å². The van der Waals surface area contributed by atoms with Gasteiger partial charge < -0.3 is 4.90 Å². The molecule has 0 aliphatic carbocycles. The highest BCUT2D eigenvalue weighted by Crippen LogP contribution is 2.30. The zero-order valence-electron chi connectivity index (χ0n) is 9.36. The maximum atomic E-state index is 11.9. The molecule has 0 saturated carbocycles. The van der Waals surface area contributed by atoms with E-state index in [9.17, 15) is 4.79 Å². The van der Waals surface area contributed by atoms with E-state index in [1.807, 2.05) is 0 Å². The molecule has 2 atom stereocenters. The zero-order valence-corrected chi connectivity index (χ0v) is 9.36. The van der Waals surface area contributed by atoms with E-state index in [2.05, 4.69) is 30.7 Å². The second-order valence-corrected chi connectivity index (χ2v) is 5.13. The Labute approximate surface area is 86.1 Å². The number of nitrogens with zero attached hydrogens (tertiary/aromatic N) is 2. The quantitative estimate of drug-likeness (QED) is 0.656. The molecule has 3 heteroatoms. The van der Waals surface area contributed by atoms with E-state index < -0.39 is 0 Å². The molecule has 1 amide bonds. The molecular weight excluding hydrogens is 176 g/mol. The van der Waals surface area contributed by atoms with Gasteiger partial charge in [0.1, 0.15) is 0 Å². The van der Waals surface area contributed by atoms with Crippen molar-refractivity contribution in [1.29, 1.82) is 0 Å². The van der Waals surface area contributed by atoms with Crippen LogP contribution in [0.4, 0.5) is 0 Å². The fourth-order valence-electron chi connectivity index (χ4n) is 2.64. The van der Waals surface area contributed by atoms with Gasteiger partial charge in [0.15, 0.2) is 0 Å². The van der Waals surface area contributed by atoms with E-state index in [0.717, 1.165) is 13.1 Å². The molecule has 80 valence electrons. The summed E-state index contributed by atoms with van der Waals surface area (Å²) in [6, 6.07) is 1.15. The van der Waals surface area contributed by atoms with Crippen LogP contribution in [0.5, 0.6) is 0 Å². The van der Waals surface area contributed by atoms with Gasteiger partial charge in [-0.3, -0.25) is 9.69 Å². The van der Waals surface area contributed by atoms with Crippen molar-refractivity contribution in [3.63, 3.8) is 0 Å². The Balaban J connectivity index is 1.93. The van der Waals surface area contributed by atoms with E-state index in [1.165, 1.54) is 6.42 Å². The van der Waals surface area contributed by atoms with Gasteiger partial charge in [-0.05, 0) is 19.4 Å². The number of piperazine rings is 1. The van der Waals surface area contributed by atoms with Crippen molar-refractivity contribution >= 4 is 5.91 Å². The van der Waals surface area contributed by atoms with Gasteiger partial charge >= 0.3 is 0 Å². The molecule has 2 rings (SSSR count). The first-order chi connectivity index (χ1) is 6.58. The molecule has 0 aromatic heterocycles. The van der Waals surface area contributed by atoms with E-state index >= 15 is 0 Å².